The van der Waals surface area contributed by atoms with E-state index in [1.54, 1.807) is 0 Å². The van der Waals surface area contributed by atoms with E-state index < -0.39 is 13.0 Å². The van der Waals surface area contributed by atoms with E-state index in [2.05, 4.69) is 10.3 Å². The molecule has 0 amide bonds. The van der Waals surface area contributed by atoms with Crippen LogP contribution in [-0.2, 0) is 6.54 Å². The van der Waals surface area contributed by atoms with Crippen molar-refractivity contribution >= 4 is 6.29 Å². The lowest BCUT2D eigenvalue weighted by molar-refractivity contribution is 0.111. The van der Waals surface area contributed by atoms with E-state index in [-0.39, 0.29) is 11.6 Å². The summed E-state index contributed by atoms with van der Waals surface area (Å²) in [5.41, 5.74) is 0.789. The van der Waals surface area contributed by atoms with Gasteiger partial charge >= 0.3 is 0 Å². The Bertz CT molecular complexity index is 360. The Morgan fingerprint density at radius 1 is 1.53 bits per heavy atom. The number of alkyl halides is 2. The Labute approximate surface area is 85.3 Å². The Hall–Kier alpha value is -1.33. The maximum absolute atomic E-state index is 12.2. The number of rotatable bonds is 4. The van der Waals surface area contributed by atoms with Crippen molar-refractivity contribution in [2.24, 2.45) is 0 Å². The van der Waals surface area contributed by atoms with Crippen molar-refractivity contribution in [3.8, 4) is 0 Å². The summed E-state index contributed by atoms with van der Waals surface area (Å²) < 4.78 is 25.6. The molecule has 1 aromatic rings. The monoisotopic (exact) mass is 215 g/mol. The molecule has 0 spiro atoms. The molecule has 0 saturated heterocycles. The van der Waals surface area contributed by atoms with Gasteiger partial charge < -0.3 is 0 Å². The quantitative estimate of drug-likeness (QED) is 0.717. The molecule has 6 heteroatoms. The van der Waals surface area contributed by atoms with Gasteiger partial charge in [0.1, 0.15) is 12.2 Å². The van der Waals surface area contributed by atoms with Gasteiger partial charge in [-0.25, -0.2) is 13.5 Å². The second kappa shape index (κ2) is 4.04. The van der Waals surface area contributed by atoms with Crippen LogP contribution in [0, 0.1) is 0 Å². The molecule has 82 valence electrons. The maximum Gasteiger partial charge on any atom is 0.257 e. The molecule has 1 aliphatic rings. The predicted octanol–water partition coefficient (Wildman–Crippen LogP) is 1.62. The number of aldehydes is 1. The van der Waals surface area contributed by atoms with Crippen LogP contribution in [0.5, 0.6) is 0 Å². The van der Waals surface area contributed by atoms with Crippen LogP contribution in [0.25, 0.3) is 0 Å². The molecule has 1 aliphatic carbocycles. The zero-order chi connectivity index (χ0) is 10.8. The van der Waals surface area contributed by atoms with E-state index in [1.165, 1.54) is 0 Å². The van der Waals surface area contributed by atoms with Gasteiger partial charge in [0.15, 0.2) is 6.29 Å². The molecule has 0 unspecified atom stereocenters. The summed E-state index contributed by atoms with van der Waals surface area (Å²) in [4.78, 5) is 10.7. The molecule has 1 fully saturated rings. The van der Waals surface area contributed by atoms with Crippen molar-refractivity contribution in [3.05, 3.63) is 11.4 Å². The lowest BCUT2D eigenvalue weighted by Gasteiger charge is -2.25. The van der Waals surface area contributed by atoms with Crippen LogP contribution in [0.3, 0.4) is 0 Å². The van der Waals surface area contributed by atoms with E-state index in [4.69, 9.17) is 0 Å². The minimum absolute atomic E-state index is 0.180. The molecule has 4 nitrogen and oxygen atoms in total. The van der Waals surface area contributed by atoms with Gasteiger partial charge in [-0.3, -0.25) is 4.79 Å². The van der Waals surface area contributed by atoms with E-state index in [9.17, 15) is 13.6 Å². The number of nitrogens with zero attached hydrogens (tertiary/aromatic N) is 3. The van der Waals surface area contributed by atoms with Crippen LogP contribution < -0.4 is 0 Å². The average molecular weight is 215 g/mol. The fourth-order valence-corrected chi connectivity index (χ4v) is 1.78. The largest absolute Gasteiger partial charge is 0.296 e. The Kier molecular flexibility index (Phi) is 2.75. The van der Waals surface area contributed by atoms with Crippen molar-refractivity contribution in [2.75, 3.05) is 0 Å². The second-order valence-electron chi connectivity index (χ2n) is 3.68. The van der Waals surface area contributed by atoms with Gasteiger partial charge in [0, 0.05) is 5.92 Å². The number of carbonyl (C=O) groups excluding carboxylic acids is 1. The molecule has 2 rings (SSSR count). The number of carbonyl (C=O) groups is 1. The van der Waals surface area contributed by atoms with Crippen LogP contribution in [0.15, 0.2) is 0 Å². The molecule has 1 saturated carbocycles. The molecule has 0 atom stereocenters. The third-order valence-corrected chi connectivity index (χ3v) is 2.72. The first-order chi connectivity index (χ1) is 7.22. The first-order valence-corrected chi connectivity index (χ1v) is 4.89. The average Bonchev–Trinajstić information content (AvgIpc) is 2.45. The number of halogens is 2. The molecule has 0 bridgehead atoms. The zero-order valence-corrected chi connectivity index (χ0v) is 8.07. The van der Waals surface area contributed by atoms with Crippen LogP contribution in [-0.4, -0.2) is 27.7 Å². The topological polar surface area (TPSA) is 47.8 Å². The lowest BCUT2D eigenvalue weighted by atomic mass is 9.82. The Morgan fingerprint density at radius 2 is 2.27 bits per heavy atom. The second-order valence-corrected chi connectivity index (χ2v) is 3.68. The number of aromatic nitrogens is 3. The van der Waals surface area contributed by atoms with Crippen LogP contribution in [0.2, 0.25) is 0 Å². The highest BCUT2D eigenvalue weighted by Gasteiger charge is 2.28. The van der Waals surface area contributed by atoms with E-state index >= 15 is 0 Å². The fourth-order valence-electron chi connectivity index (χ4n) is 1.78. The highest BCUT2D eigenvalue weighted by atomic mass is 19.3. The Morgan fingerprint density at radius 3 is 2.73 bits per heavy atom. The summed E-state index contributed by atoms with van der Waals surface area (Å²) in [5.74, 6) is 0.180. The number of hydrogen-bond acceptors (Lipinski definition) is 3. The standard InChI is InChI=1S/C9H11F2N3O/c10-8(11)4-14-9(6-2-1-3-6)7(5-15)12-13-14/h5-6,8H,1-4H2. The number of hydrogen-bond donors (Lipinski definition) is 0. The maximum atomic E-state index is 12.2. The molecule has 15 heavy (non-hydrogen) atoms. The molecule has 0 aliphatic heterocycles. The molecule has 0 aromatic carbocycles. The van der Waals surface area contributed by atoms with Crippen LogP contribution in [0.4, 0.5) is 8.78 Å². The minimum Gasteiger partial charge on any atom is -0.296 e. The van der Waals surface area contributed by atoms with Crippen LogP contribution >= 0.6 is 0 Å². The summed E-state index contributed by atoms with van der Waals surface area (Å²) >= 11 is 0. The molecule has 1 heterocycles. The summed E-state index contributed by atoms with van der Waals surface area (Å²) in [6.07, 6.45) is 1.05. The molecule has 0 N–H and O–H groups in total. The summed E-state index contributed by atoms with van der Waals surface area (Å²) in [6, 6.07) is 0. The van der Waals surface area contributed by atoms with Crippen molar-refractivity contribution in [2.45, 2.75) is 38.2 Å². The normalized spacial score (nSPS) is 16.7. The summed E-state index contributed by atoms with van der Waals surface area (Å²) in [6.45, 7) is -0.479. The van der Waals surface area contributed by atoms with Crippen molar-refractivity contribution in [1.82, 2.24) is 15.0 Å². The smallest absolute Gasteiger partial charge is 0.257 e. The molecule has 0 radical (unpaired) electrons. The molecule has 1 aromatic heterocycles. The van der Waals surface area contributed by atoms with Gasteiger partial charge in [-0.15, -0.1) is 5.10 Å². The van der Waals surface area contributed by atoms with E-state index in [1.807, 2.05) is 0 Å². The highest BCUT2D eigenvalue weighted by Crippen LogP contribution is 2.37. The van der Waals surface area contributed by atoms with E-state index in [0.717, 1.165) is 23.9 Å². The summed E-state index contributed by atoms with van der Waals surface area (Å²) in [5, 5.41) is 7.19. The minimum atomic E-state index is -2.47. The fraction of sp³-hybridized carbons (Fsp3) is 0.667. The van der Waals surface area contributed by atoms with Crippen molar-refractivity contribution in [1.29, 1.82) is 0 Å². The first-order valence-electron chi connectivity index (χ1n) is 4.89. The van der Waals surface area contributed by atoms with Gasteiger partial charge in [0.25, 0.3) is 6.43 Å². The zero-order valence-electron chi connectivity index (χ0n) is 8.07. The molecular weight excluding hydrogens is 204 g/mol. The first kappa shape index (κ1) is 10.2. The van der Waals surface area contributed by atoms with Crippen molar-refractivity contribution in [3.63, 3.8) is 0 Å². The van der Waals surface area contributed by atoms with Gasteiger partial charge in [-0.2, -0.15) is 0 Å². The predicted molar refractivity (Wildman–Crippen MR) is 48.0 cm³/mol. The highest BCUT2D eigenvalue weighted by molar-refractivity contribution is 5.73. The third kappa shape index (κ3) is 1.88. The lowest BCUT2D eigenvalue weighted by Crippen LogP contribution is -2.19. The molecular formula is C9H11F2N3O. The third-order valence-electron chi connectivity index (χ3n) is 2.72. The SMILES string of the molecule is O=Cc1nnn(CC(F)F)c1C1CCC1. The van der Waals surface area contributed by atoms with Crippen LogP contribution in [0.1, 0.15) is 41.4 Å². The van der Waals surface area contributed by atoms with Gasteiger partial charge in [0.2, 0.25) is 0 Å². The van der Waals surface area contributed by atoms with E-state index in [0.29, 0.717) is 12.0 Å². The summed E-state index contributed by atoms with van der Waals surface area (Å²) in [7, 11) is 0. The van der Waals surface area contributed by atoms with Gasteiger partial charge in [-0.05, 0) is 12.8 Å². The Balaban J connectivity index is 2.28. The van der Waals surface area contributed by atoms with Gasteiger partial charge in [0.05, 0.1) is 5.69 Å². The van der Waals surface area contributed by atoms with Crippen molar-refractivity contribution < 1.29 is 13.6 Å². The van der Waals surface area contributed by atoms with Gasteiger partial charge in [-0.1, -0.05) is 11.6 Å².